The third-order valence-corrected chi connectivity index (χ3v) is 2.97. The molecule has 0 atom stereocenters. The molecule has 1 aromatic carbocycles. The number of hydrogen-bond donors (Lipinski definition) is 2. The van der Waals surface area contributed by atoms with Crippen molar-refractivity contribution in [2.24, 2.45) is 0 Å². The zero-order valence-electron chi connectivity index (χ0n) is 12.5. The van der Waals surface area contributed by atoms with Gasteiger partial charge in [0.15, 0.2) is 5.11 Å². The van der Waals surface area contributed by atoms with Crippen molar-refractivity contribution in [1.82, 2.24) is 10.6 Å². The Hall–Kier alpha value is -2.34. The van der Waals surface area contributed by atoms with E-state index < -0.39 is 0 Å². The van der Waals surface area contributed by atoms with Crippen LogP contribution in [0.15, 0.2) is 47.1 Å². The molecule has 22 heavy (non-hydrogen) atoms. The van der Waals surface area contributed by atoms with Gasteiger partial charge in [-0.2, -0.15) is 0 Å². The molecule has 0 fully saturated rings. The first kappa shape index (κ1) is 16.0. The smallest absolute Gasteiger partial charge is 0.261 e. The van der Waals surface area contributed by atoms with Gasteiger partial charge < -0.3 is 14.5 Å². The predicted octanol–water partition coefficient (Wildman–Crippen LogP) is 2.87. The van der Waals surface area contributed by atoms with Gasteiger partial charge in [0, 0.05) is 0 Å². The number of thiocarbonyl (C=S) groups is 1. The molecule has 0 aliphatic heterocycles. The average molecular weight is 318 g/mol. The van der Waals surface area contributed by atoms with E-state index in [0.717, 1.165) is 5.76 Å². The topological polar surface area (TPSA) is 63.5 Å². The van der Waals surface area contributed by atoms with Crippen molar-refractivity contribution in [3.63, 3.8) is 0 Å². The maximum atomic E-state index is 12.3. The molecule has 0 spiro atoms. The standard InChI is InChI=1S/C16H18N2O3S/c1-11(2)21-14-8-4-3-7-13(14)15(19)18-16(22)17-10-12-6-5-9-20-12/h3-9,11H,10H2,1-2H3,(H2,17,18,19,22). The number of benzene rings is 1. The van der Waals surface area contributed by atoms with E-state index in [0.29, 0.717) is 17.9 Å². The molecule has 1 heterocycles. The molecule has 0 unspecified atom stereocenters. The maximum Gasteiger partial charge on any atom is 0.261 e. The molecule has 2 N–H and O–H groups in total. The van der Waals surface area contributed by atoms with Gasteiger partial charge in [-0.15, -0.1) is 0 Å². The van der Waals surface area contributed by atoms with E-state index >= 15 is 0 Å². The Bertz CT molecular complexity index is 639. The summed E-state index contributed by atoms with van der Waals surface area (Å²) in [5.41, 5.74) is 0.443. The first-order valence-electron chi connectivity index (χ1n) is 6.93. The van der Waals surface area contributed by atoms with Gasteiger partial charge in [-0.25, -0.2) is 0 Å². The van der Waals surface area contributed by atoms with Crippen molar-refractivity contribution in [3.8, 4) is 5.75 Å². The number of carbonyl (C=O) groups is 1. The summed E-state index contributed by atoms with van der Waals surface area (Å²) in [7, 11) is 0. The zero-order valence-corrected chi connectivity index (χ0v) is 13.3. The molecule has 2 rings (SSSR count). The lowest BCUT2D eigenvalue weighted by Gasteiger charge is -2.14. The number of carbonyl (C=O) groups excluding carboxylic acids is 1. The average Bonchev–Trinajstić information content (AvgIpc) is 2.98. The zero-order chi connectivity index (χ0) is 15.9. The van der Waals surface area contributed by atoms with Crippen LogP contribution >= 0.6 is 12.2 Å². The van der Waals surface area contributed by atoms with Gasteiger partial charge in [-0.3, -0.25) is 10.1 Å². The molecular formula is C16H18N2O3S. The van der Waals surface area contributed by atoms with Crippen LogP contribution < -0.4 is 15.4 Å². The largest absolute Gasteiger partial charge is 0.490 e. The van der Waals surface area contributed by atoms with E-state index in [4.69, 9.17) is 21.4 Å². The molecule has 6 heteroatoms. The van der Waals surface area contributed by atoms with E-state index in [1.165, 1.54) is 0 Å². The Labute approximate surface area is 134 Å². The van der Waals surface area contributed by atoms with E-state index in [1.807, 2.05) is 26.0 Å². The van der Waals surface area contributed by atoms with Crippen molar-refractivity contribution in [3.05, 3.63) is 54.0 Å². The lowest BCUT2D eigenvalue weighted by Crippen LogP contribution is -2.39. The Morgan fingerprint density at radius 2 is 2.05 bits per heavy atom. The van der Waals surface area contributed by atoms with Gasteiger partial charge in [-0.05, 0) is 50.3 Å². The first-order valence-corrected chi connectivity index (χ1v) is 7.34. The summed E-state index contributed by atoms with van der Waals surface area (Å²) in [6.07, 6.45) is 1.57. The van der Waals surface area contributed by atoms with Crippen molar-refractivity contribution < 1.29 is 13.9 Å². The molecule has 0 radical (unpaired) electrons. The Morgan fingerprint density at radius 1 is 1.27 bits per heavy atom. The van der Waals surface area contributed by atoms with Crippen LogP contribution in [0, 0.1) is 0 Å². The highest BCUT2D eigenvalue weighted by Gasteiger charge is 2.14. The highest BCUT2D eigenvalue weighted by Crippen LogP contribution is 2.19. The van der Waals surface area contributed by atoms with Crippen LogP contribution in [0.25, 0.3) is 0 Å². The van der Waals surface area contributed by atoms with Gasteiger partial charge in [-0.1, -0.05) is 12.1 Å². The third kappa shape index (κ3) is 4.60. The number of nitrogens with one attached hydrogen (secondary N) is 2. The van der Waals surface area contributed by atoms with Gasteiger partial charge in [0.05, 0.1) is 24.5 Å². The minimum atomic E-state index is -0.312. The summed E-state index contributed by atoms with van der Waals surface area (Å²) in [5.74, 6) is 0.956. The molecule has 5 nitrogen and oxygen atoms in total. The van der Waals surface area contributed by atoms with Crippen molar-refractivity contribution >= 4 is 23.2 Å². The number of ether oxygens (including phenoxy) is 1. The number of furan rings is 1. The molecular weight excluding hydrogens is 300 g/mol. The molecule has 0 bridgehead atoms. The number of rotatable bonds is 5. The lowest BCUT2D eigenvalue weighted by molar-refractivity contribution is 0.0971. The summed E-state index contributed by atoms with van der Waals surface area (Å²) >= 11 is 5.11. The molecule has 0 aliphatic rings. The predicted molar refractivity (Wildman–Crippen MR) is 87.8 cm³/mol. The number of hydrogen-bond acceptors (Lipinski definition) is 4. The van der Waals surface area contributed by atoms with Crippen molar-refractivity contribution in [2.75, 3.05) is 0 Å². The summed E-state index contributed by atoms with van der Waals surface area (Å²) in [5, 5.41) is 5.78. The quantitative estimate of drug-likeness (QED) is 0.830. The highest BCUT2D eigenvalue weighted by molar-refractivity contribution is 7.80. The second kappa shape index (κ2) is 7.61. The van der Waals surface area contributed by atoms with Gasteiger partial charge in [0.25, 0.3) is 5.91 Å². The highest BCUT2D eigenvalue weighted by atomic mass is 32.1. The Balaban J connectivity index is 1.95. The Morgan fingerprint density at radius 3 is 2.73 bits per heavy atom. The van der Waals surface area contributed by atoms with Crippen LogP contribution in [0.2, 0.25) is 0 Å². The minimum Gasteiger partial charge on any atom is -0.490 e. The fraction of sp³-hybridized carbons (Fsp3) is 0.250. The molecule has 0 saturated carbocycles. The monoisotopic (exact) mass is 318 g/mol. The van der Waals surface area contributed by atoms with Gasteiger partial charge >= 0.3 is 0 Å². The molecule has 0 saturated heterocycles. The number of amides is 1. The fourth-order valence-corrected chi connectivity index (χ4v) is 1.97. The lowest BCUT2D eigenvalue weighted by atomic mass is 10.2. The summed E-state index contributed by atoms with van der Waals surface area (Å²) in [6, 6.07) is 10.7. The third-order valence-electron chi connectivity index (χ3n) is 2.72. The Kier molecular flexibility index (Phi) is 5.55. The summed E-state index contributed by atoms with van der Waals surface area (Å²) in [4.78, 5) is 12.3. The molecule has 1 amide bonds. The van der Waals surface area contributed by atoms with Crippen LogP contribution in [-0.2, 0) is 6.54 Å². The molecule has 2 aromatic rings. The minimum absolute atomic E-state index is 0.0158. The van der Waals surface area contributed by atoms with E-state index in [9.17, 15) is 4.79 Å². The summed E-state index contributed by atoms with van der Waals surface area (Å²) in [6.45, 7) is 4.23. The second-order valence-corrected chi connectivity index (χ2v) is 5.29. The van der Waals surface area contributed by atoms with Crippen molar-refractivity contribution in [2.45, 2.75) is 26.5 Å². The number of para-hydroxylation sites is 1. The molecule has 0 aliphatic carbocycles. The van der Waals surface area contributed by atoms with Crippen LogP contribution in [0.1, 0.15) is 30.0 Å². The molecule has 116 valence electrons. The van der Waals surface area contributed by atoms with Gasteiger partial charge in [0.1, 0.15) is 11.5 Å². The van der Waals surface area contributed by atoms with Crippen LogP contribution in [-0.4, -0.2) is 17.1 Å². The first-order chi connectivity index (χ1) is 10.6. The van der Waals surface area contributed by atoms with Gasteiger partial charge in [0.2, 0.25) is 0 Å². The van der Waals surface area contributed by atoms with E-state index in [-0.39, 0.29) is 17.1 Å². The molecule has 1 aromatic heterocycles. The normalized spacial score (nSPS) is 10.3. The van der Waals surface area contributed by atoms with Crippen LogP contribution in [0.4, 0.5) is 0 Å². The second-order valence-electron chi connectivity index (χ2n) is 4.88. The summed E-state index contributed by atoms with van der Waals surface area (Å²) < 4.78 is 10.8. The fourth-order valence-electron chi connectivity index (χ4n) is 1.81. The SMILES string of the molecule is CC(C)Oc1ccccc1C(=O)NC(=S)NCc1ccco1. The van der Waals surface area contributed by atoms with Crippen LogP contribution in [0.3, 0.4) is 0 Å². The van der Waals surface area contributed by atoms with Crippen LogP contribution in [0.5, 0.6) is 5.75 Å². The van der Waals surface area contributed by atoms with E-state index in [1.54, 1.807) is 30.5 Å². The van der Waals surface area contributed by atoms with Crippen molar-refractivity contribution in [1.29, 1.82) is 0 Å². The maximum absolute atomic E-state index is 12.3. The van der Waals surface area contributed by atoms with E-state index in [2.05, 4.69) is 10.6 Å².